The molecule has 0 aromatic carbocycles. The van der Waals surface area contributed by atoms with Crippen LogP contribution in [0.5, 0.6) is 0 Å². The average Bonchev–Trinajstić information content (AvgIpc) is 2.53. The SMILES string of the molecule is CCC1CCCN(CCCCCC(=O)O)CC1. The van der Waals surface area contributed by atoms with Crippen molar-refractivity contribution in [1.29, 1.82) is 0 Å². The lowest BCUT2D eigenvalue weighted by Crippen LogP contribution is -2.26. The standard InChI is InChI=1S/C14H27NO2/c1-2-13-7-6-11-15(12-9-13)10-5-3-4-8-14(16)17/h13H,2-12H2,1H3,(H,16,17). The van der Waals surface area contributed by atoms with Gasteiger partial charge in [-0.25, -0.2) is 0 Å². The van der Waals surface area contributed by atoms with Crippen molar-refractivity contribution in [3.8, 4) is 0 Å². The Bertz CT molecular complexity index is 218. The molecule has 0 aromatic rings. The molecule has 1 heterocycles. The molecule has 0 aromatic heterocycles. The summed E-state index contributed by atoms with van der Waals surface area (Å²) in [7, 11) is 0. The van der Waals surface area contributed by atoms with Gasteiger partial charge in [-0.05, 0) is 57.7 Å². The summed E-state index contributed by atoms with van der Waals surface area (Å²) in [5.41, 5.74) is 0. The number of nitrogens with zero attached hydrogens (tertiary/aromatic N) is 1. The summed E-state index contributed by atoms with van der Waals surface area (Å²) in [6, 6.07) is 0. The van der Waals surface area contributed by atoms with Gasteiger partial charge in [0.25, 0.3) is 0 Å². The minimum atomic E-state index is -0.662. The van der Waals surface area contributed by atoms with Gasteiger partial charge in [-0.15, -0.1) is 0 Å². The van der Waals surface area contributed by atoms with Crippen molar-refractivity contribution in [2.24, 2.45) is 5.92 Å². The zero-order chi connectivity index (χ0) is 12.5. The van der Waals surface area contributed by atoms with Crippen molar-refractivity contribution in [3.63, 3.8) is 0 Å². The van der Waals surface area contributed by atoms with Gasteiger partial charge in [0.2, 0.25) is 0 Å². The molecule has 0 saturated carbocycles. The van der Waals surface area contributed by atoms with E-state index in [4.69, 9.17) is 5.11 Å². The number of unbranched alkanes of at least 4 members (excludes halogenated alkanes) is 2. The molecule has 1 saturated heterocycles. The molecular weight excluding hydrogens is 214 g/mol. The van der Waals surface area contributed by atoms with Crippen molar-refractivity contribution < 1.29 is 9.90 Å². The summed E-state index contributed by atoms with van der Waals surface area (Å²) in [6.07, 6.45) is 8.79. The van der Waals surface area contributed by atoms with Crippen LogP contribution in [0.25, 0.3) is 0 Å². The van der Waals surface area contributed by atoms with Gasteiger partial charge in [-0.1, -0.05) is 19.8 Å². The van der Waals surface area contributed by atoms with Crippen LogP contribution in [0.15, 0.2) is 0 Å². The van der Waals surface area contributed by atoms with Gasteiger partial charge in [0, 0.05) is 6.42 Å². The average molecular weight is 241 g/mol. The van der Waals surface area contributed by atoms with Crippen molar-refractivity contribution in [3.05, 3.63) is 0 Å². The van der Waals surface area contributed by atoms with E-state index in [-0.39, 0.29) is 0 Å². The van der Waals surface area contributed by atoms with Gasteiger partial charge >= 0.3 is 5.97 Å². The second-order valence-corrected chi connectivity index (χ2v) is 5.25. The third-order valence-corrected chi connectivity index (χ3v) is 3.88. The van der Waals surface area contributed by atoms with Gasteiger partial charge in [-0.2, -0.15) is 0 Å². The number of likely N-dealkylation sites (tertiary alicyclic amines) is 1. The summed E-state index contributed by atoms with van der Waals surface area (Å²) in [6.45, 7) is 5.95. The third kappa shape index (κ3) is 6.67. The van der Waals surface area contributed by atoms with Crippen LogP contribution in [-0.2, 0) is 4.79 Å². The number of rotatable bonds is 7. The Morgan fingerprint density at radius 1 is 1.24 bits per heavy atom. The predicted molar refractivity (Wildman–Crippen MR) is 70.2 cm³/mol. The maximum absolute atomic E-state index is 10.4. The maximum atomic E-state index is 10.4. The Morgan fingerprint density at radius 2 is 2.06 bits per heavy atom. The largest absolute Gasteiger partial charge is 0.481 e. The molecule has 0 radical (unpaired) electrons. The lowest BCUT2D eigenvalue weighted by Gasteiger charge is -2.19. The topological polar surface area (TPSA) is 40.5 Å². The van der Waals surface area contributed by atoms with Crippen LogP contribution >= 0.6 is 0 Å². The molecule has 0 aliphatic carbocycles. The lowest BCUT2D eigenvalue weighted by molar-refractivity contribution is -0.137. The van der Waals surface area contributed by atoms with E-state index in [2.05, 4.69) is 11.8 Å². The first-order valence-electron chi connectivity index (χ1n) is 7.16. The Labute approximate surface area is 105 Å². The van der Waals surface area contributed by atoms with Crippen LogP contribution in [0.3, 0.4) is 0 Å². The molecule has 1 unspecified atom stereocenters. The monoisotopic (exact) mass is 241 g/mol. The minimum absolute atomic E-state index is 0.331. The lowest BCUT2D eigenvalue weighted by atomic mass is 9.98. The molecule has 100 valence electrons. The molecule has 1 fully saturated rings. The maximum Gasteiger partial charge on any atom is 0.303 e. The van der Waals surface area contributed by atoms with Crippen molar-refractivity contribution in [1.82, 2.24) is 4.90 Å². The second kappa shape index (κ2) is 8.51. The van der Waals surface area contributed by atoms with E-state index in [0.29, 0.717) is 6.42 Å². The number of aliphatic carboxylic acids is 1. The molecule has 1 N–H and O–H groups in total. The fraction of sp³-hybridized carbons (Fsp3) is 0.929. The number of carbonyl (C=O) groups is 1. The molecule has 1 atom stereocenters. The van der Waals surface area contributed by atoms with E-state index in [0.717, 1.165) is 31.7 Å². The van der Waals surface area contributed by atoms with E-state index >= 15 is 0 Å². The fourth-order valence-corrected chi connectivity index (χ4v) is 2.65. The highest BCUT2D eigenvalue weighted by molar-refractivity contribution is 5.66. The van der Waals surface area contributed by atoms with Crippen LogP contribution in [0.4, 0.5) is 0 Å². The van der Waals surface area contributed by atoms with Gasteiger partial charge in [-0.3, -0.25) is 4.79 Å². The van der Waals surface area contributed by atoms with Gasteiger partial charge in [0.1, 0.15) is 0 Å². The Balaban J connectivity index is 2.05. The zero-order valence-corrected chi connectivity index (χ0v) is 11.2. The van der Waals surface area contributed by atoms with E-state index in [9.17, 15) is 4.79 Å². The highest BCUT2D eigenvalue weighted by Crippen LogP contribution is 2.20. The molecule has 0 bridgehead atoms. The molecule has 17 heavy (non-hydrogen) atoms. The first-order chi connectivity index (χ1) is 8.22. The van der Waals surface area contributed by atoms with Crippen LogP contribution in [-0.4, -0.2) is 35.6 Å². The van der Waals surface area contributed by atoms with Crippen molar-refractivity contribution >= 4 is 5.97 Å². The molecule has 0 amide bonds. The summed E-state index contributed by atoms with van der Waals surface area (Å²) >= 11 is 0. The Hall–Kier alpha value is -0.570. The van der Waals surface area contributed by atoms with Crippen molar-refractivity contribution in [2.75, 3.05) is 19.6 Å². The Morgan fingerprint density at radius 3 is 2.76 bits per heavy atom. The van der Waals surface area contributed by atoms with E-state index in [1.165, 1.54) is 38.8 Å². The quantitative estimate of drug-likeness (QED) is 0.696. The summed E-state index contributed by atoms with van der Waals surface area (Å²) in [5, 5.41) is 8.54. The van der Waals surface area contributed by atoms with Crippen LogP contribution in [0, 0.1) is 5.92 Å². The molecular formula is C14H27NO2. The molecule has 1 rings (SSSR count). The van der Waals surface area contributed by atoms with Crippen LogP contribution in [0.1, 0.15) is 58.3 Å². The summed E-state index contributed by atoms with van der Waals surface area (Å²) < 4.78 is 0. The van der Waals surface area contributed by atoms with E-state index in [1.54, 1.807) is 0 Å². The van der Waals surface area contributed by atoms with E-state index < -0.39 is 5.97 Å². The molecule has 0 spiro atoms. The molecule has 3 heteroatoms. The molecule has 1 aliphatic heterocycles. The number of hydrogen-bond donors (Lipinski definition) is 1. The molecule has 3 nitrogen and oxygen atoms in total. The highest BCUT2D eigenvalue weighted by Gasteiger charge is 2.14. The second-order valence-electron chi connectivity index (χ2n) is 5.25. The predicted octanol–water partition coefficient (Wildman–Crippen LogP) is 3.14. The highest BCUT2D eigenvalue weighted by atomic mass is 16.4. The van der Waals surface area contributed by atoms with Gasteiger partial charge in [0.05, 0.1) is 0 Å². The Kier molecular flexibility index (Phi) is 7.25. The third-order valence-electron chi connectivity index (χ3n) is 3.88. The number of carboxylic acid groups (broad SMARTS) is 1. The van der Waals surface area contributed by atoms with Gasteiger partial charge in [0.15, 0.2) is 0 Å². The van der Waals surface area contributed by atoms with E-state index in [1.807, 2.05) is 0 Å². The zero-order valence-electron chi connectivity index (χ0n) is 11.2. The summed E-state index contributed by atoms with van der Waals surface area (Å²) in [4.78, 5) is 12.9. The first kappa shape index (κ1) is 14.5. The van der Waals surface area contributed by atoms with Crippen LogP contribution < -0.4 is 0 Å². The first-order valence-corrected chi connectivity index (χ1v) is 7.16. The number of hydrogen-bond acceptors (Lipinski definition) is 2. The smallest absolute Gasteiger partial charge is 0.303 e. The van der Waals surface area contributed by atoms with Crippen molar-refractivity contribution in [2.45, 2.75) is 58.3 Å². The number of carboxylic acids is 1. The minimum Gasteiger partial charge on any atom is -0.481 e. The van der Waals surface area contributed by atoms with Crippen LogP contribution in [0.2, 0.25) is 0 Å². The summed E-state index contributed by atoms with van der Waals surface area (Å²) in [5.74, 6) is 0.276. The van der Waals surface area contributed by atoms with Gasteiger partial charge < -0.3 is 10.0 Å². The normalized spacial score (nSPS) is 22.3. The fourth-order valence-electron chi connectivity index (χ4n) is 2.65. The molecule has 1 aliphatic rings.